The Morgan fingerprint density at radius 2 is 1.89 bits per heavy atom. The van der Waals surface area contributed by atoms with Gasteiger partial charge in [-0.2, -0.15) is 0 Å². The van der Waals surface area contributed by atoms with E-state index >= 15 is 0 Å². The third-order valence-electron chi connectivity index (χ3n) is 5.57. The molecule has 2 rings (SSSR count). The molecule has 38 heavy (non-hydrogen) atoms. The zero-order chi connectivity index (χ0) is 29.2. The number of nitrogens with one attached hydrogen (secondary N) is 2. The number of aliphatic imine (C=N–C) groups is 1. The molecule has 0 bridgehead atoms. The number of carbonyl (C=O) groups is 2. The van der Waals surface area contributed by atoms with Crippen molar-refractivity contribution in [3.63, 3.8) is 0 Å². The van der Waals surface area contributed by atoms with Crippen LogP contribution in [-0.2, 0) is 9.59 Å². The van der Waals surface area contributed by atoms with E-state index in [0.29, 0.717) is 0 Å². The van der Waals surface area contributed by atoms with Crippen molar-refractivity contribution >= 4 is 40.4 Å². The van der Waals surface area contributed by atoms with E-state index in [-0.39, 0.29) is 28.5 Å². The van der Waals surface area contributed by atoms with Crippen LogP contribution in [0.3, 0.4) is 0 Å². The van der Waals surface area contributed by atoms with Crippen LogP contribution in [0.2, 0.25) is 0 Å². The zero-order valence-corrected chi connectivity index (χ0v) is 23.4. The van der Waals surface area contributed by atoms with E-state index in [1.165, 1.54) is 27.7 Å². The van der Waals surface area contributed by atoms with Crippen molar-refractivity contribution in [3.8, 4) is 0 Å². The van der Waals surface area contributed by atoms with E-state index in [4.69, 9.17) is 12.2 Å². The number of anilines is 1. The molecule has 0 spiro atoms. The Bertz CT molecular complexity index is 1100. The van der Waals surface area contributed by atoms with Gasteiger partial charge in [0.15, 0.2) is 6.04 Å². The number of likely N-dealkylation sites (tertiary alicyclic amines) is 1. The van der Waals surface area contributed by atoms with Crippen LogP contribution in [0.4, 0.5) is 23.4 Å². The van der Waals surface area contributed by atoms with E-state index in [2.05, 4.69) is 20.6 Å². The third-order valence-corrected chi connectivity index (χ3v) is 6.01. The van der Waals surface area contributed by atoms with Gasteiger partial charge >= 0.3 is 0 Å². The molecule has 13 heteroatoms. The van der Waals surface area contributed by atoms with Gasteiger partial charge in [0, 0.05) is 41.9 Å². The highest BCUT2D eigenvalue weighted by Crippen LogP contribution is 2.33. The number of amides is 2. The van der Waals surface area contributed by atoms with Crippen molar-refractivity contribution in [1.29, 1.82) is 0 Å². The van der Waals surface area contributed by atoms with Gasteiger partial charge in [0.2, 0.25) is 0 Å². The molecule has 1 fully saturated rings. The van der Waals surface area contributed by atoms with Gasteiger partial charge in [-0.05, 0) is 54.5 Å². The van der Waals surface area contributed by atoms with Gasteiger partial charge in [0.1, 0.15) is 5.82 Å². The molecular weight excluding hydrogens is 526 g/mol. The Hall–Kier alpha value is -2.67. The van der Waals surface area contributed by atoms with Crippen LogP contribution >= 0.6 is 12.2 Å². The number of thiocarbonyl (C=S) groups is 1. The lowest BCUT2D eigenvalue weighted by Gasteiger charge is -2.26. The van der Waals surface area contributed by atoms with E-state index in [9.17, 15) is 32.3 Å². The van der Waals surface area contributed by atoms with Gasteiger partial charge in [0.05, 0.1) is 22.7 Å². The molecule has 2 heterocycles. The number of halogens is 4. The number of hydrogen-bond acceptors (Lipinski definition) is 7. The molecule has 1 saturated heterocycles. The number of rotatable bonds is 9. The van der Waals surface area contributed by atoms with Crippen LogP contribution in [0.25, 0.3) is 0 Å². The molecule has 1 aromatic heterocycles. The van der Waals surface area contributed by atoms with Gasteiger partial charge in [-0.25, -0.2) is 22.5 Å². The number of nitrogens with zero attached hydrogens (tertiary/aromatic N) is 3. The number of alkyl halides is 4. The van der Waals surface area contributed by atoms with Gasteiger partial charge in [-0.3, -0.25) is 14.6 Å². The molecule has 3 N–H and O–H groups in total. The molecule has 2 amide bonds. The molecule has 212 valence electrons. The Morgan fingerprint density at radius 1 is 1.29 bits per heavy atom. The minimum atomic E-state index is -3.14. The number of aromatic nitrogens is 1. The second-order valence-electron chi connectivity index (χ2n) is 11.2. The molecule has 1 aromatic rings. The number of carbonyl (C=O) groups excluding carboxylic acids is 2. The summed E-state index contributed by atoms with van der Waals surface area (Å²) in [7, 11) is 0. The monoisotopic (exact) mass is 561 g/mol. The summed E-state index contributed by atoms with van der Waals surface area (Å²) >= 11 is 5.43. The van der Waals surface area contributed by atoms with Crippen LogP contribution in [0.1, 0.15) is 72.4 Å². The largest absolute Gasteiger partial charge is 0.389 e. The predicted octanol–water partition coefficient (Wildman–Crippen LogP) is 3.92. The fourth-order valence-electron chi connectivity index (χ4n) is 3.82. The summed E-state index contributed by atoms with van der Waals surface area (Å²) in [6, 6.07) is -1.47. The highest BCUT2D eigenvalue weighted by Gasteiger charge is 2.47. The molecule has 1 aliphatic heterocycles. The predicted molar refractivity (Wildman–Crippen MR) is 141 cm³/mol. The summed E-state index contributed by atoms with van der Waals surface area (Å²) in [5, 5.41) is 15.3. The van der Waals surface area contributed by atoms with Crippen molar-refractivity contribution in [2.24, 2.45) is 4.99 Å². The van der Waals surface area contributed by atoms with Gasteiger partial charge in [0.25, 0.3) is 24.2 Å². The maximum Gasteiger partial charge on any atom is 0.267 e. The number of pyridine rings is 1. The summed E-state index contributed by atoms with van der Waals surface area (Å²) in [6.07, 6.45) is -2.50. The lowest BCUT2D eigenvalue weighted by molar-refractivity contribution is -0.132. The molecule has 1 aliphatic rings. The van der Waals surface area contributed by atoms with Crippen molar-refractivity contribution in [2.45, 2.75) is 90.5 Å². The van der Waals surface area contributed by atoms with Crippen LogP contribution in [0.5, 0.6) is 0 Å². The number of aliphatic hydroxyl groups is 1. The SMILES string of the molecule is C/C(=N\C(C(=O)N1CC(F)(F)C[C@@H]1C)C(=S)c1cnc(NC(C)(C)C)cc1C(F)F)C(=O)NCC(C)(C)O. The Balaban J connectivity index is 2.54. The average Bonchev–Trinajstić information content (AvgIpc) is 3.05. The molecule has 1 unspecified atom stereocenters. The van der Waals surface area contributed by atoms with E-state index < -0.39 is 65.9 Å². The Labute approximate surface area is 225 Å². The minimum Gasteiger partial charge on any atom is -0.389 e. The average molecular weight is 562 g/mol. The molecule has 0 radical (unpaired) electrons. The first-order chi connectivity index (χ1) is 17.2. The standard InChI is InChI=1S/C25H35F4N5O3S/c1-13-9-25(28,29)12-34(13)22(36)18(32-14(2)21(35)31-11-24(6,7)37)19(38)16-10-30-17(33-23(3,4)5)8-15(16)20(26)27/h8,10,13,18,20,37H,9,11-12H2,1-7H3,(H,30,33)(H,31,35)/b32-14+/t13-,18?/m0/s1. The molecular formula is C25H35F4N5O3S. The Morgan fingerprint density at radius 3 is 2.37 bits per heavy atom. The molecule has 0 aliphatic carbocycles. The fraction of sp³-hybridized carbons (Fsp3) is 0.640. The van der Waals surface area contributed by atoms with Crippen LogP contribution in [0, 0.1) is 0 Å². The normalized spacial score (nSPS) is 18.9. The van der Waals surface area contributed by atoms with Crippen molar-refractivity contribution in [1.82, 2.24) is 15.2 Å². The molecule has 2 atom stereocenters. The highest BCUT2D eigenvalue weighted by atomic mass is 32.1. The van der Waals surface area contributed by atoms with Gasteiger partial charge in [-0.15, -0.1) is 0 Å². The lowest BCUT2D eigenvalue weighted by Crippen LogP contribution is -2.46. The fourth-order valence-corrected chi connectivity index (χ4v) is 4.15. The highest BCUT2D eigenvalue weighted by molar-refractivity contribution is 7.81. The molecule has 0 aromatic carbocycles. The van der Waals surface area contributed by atoms with E-state index in [0.717, 1.165) is 17.2 Å². The van der Waals surface area contributed by atoms with E-state index in [1.54, 1.807) is 0 Å². The second kappa shape index (κ2) is 11.6. The maximum atomic E-state index is 14.1. The van der Waals surface area contributed by atoms with Crippen molar-refractivity contribution < 1.29 is 32.3 Å². The van der Waals surface area contributed by atoms with E-state index in [1.807, 2.05) is 20.8 Å². The summed E-state index contributed by atoms with van der Waals surface area (Å²) in [6.45, 7) is 10.1. The zero-order valence-electron chi connectivity index (χ0n) is 22.5. The topological polar surface area (TPSA) is 107 Å². The Kier molecular flexibility index (Phi) is 9.63. The first kappa shape index (κ1) is 31.5. The maximum absolute atomic E-state index is 14.1. The van der Waals surface area contributed by atoms with Gasteiger partial charge < -0.3 is 20.6 Å². The molecule has 8 nitrogen and oxygen atoms in total. The van der Waals surface area contributed by atoms with Crippen molar-refractivity contribution in [2.75, 3.05) is 18.4 Å². The number of hydrogen-bond donors (Lipinski definition) is 3. The summed E-state index contributed by atoms with van der Waals surface area (Å²) < 4.78 is 56.4. The smallest absolute Gasteiger partial charge is 0.267 e. The lowest BCUT2D eigenvalue weighted by atomic mass is 10.0. The third kappa shape index (κ3) is 8.69. The second-order valence-corrected chi connectivity index (χ2v) is 11.6. The summed E-state index contributed by atoms with van der Waals surface area (Å²) in [5.74, 6) is -4.67. The van der Waals surface area contributed by atoms with Crippen molar-refractivity contribution in [3.05, 3.63) is 23.4 Å². The van der Waals surface area contributed by atoms with Crippen LogP contribution in [-0.4, -0.2) is 79.6 Å². The summed E-state index contributed by atoms with van der Waals surface area (Å²) in [4.78, 5) is 34.8. The van der Waals surface area contributed by atoms with Gasteiger partial charge in [-0.1, -0.05) is 12.2 Å². The van der Waals surface area contributed by atoms with Crippen LogP contribution < -0.4 is 10.6 Å². The quantitative estimate of drug-likeness (QED) is 0.183. The first-order valence-corrected chi connectivity index (χ1v) is 12.5. The van der Waals surface area contributed by atoms with Crippen LogP contribution in [0.15, 0.2) is 17.3 Å². The summed E-state index contributed by atoms with van der Waals surface area (Å²) in [5.41, 5.74) is -2.74. The first-order valence-electron chi connectivity index (χ1n) is 12.0. The molecule has 0 saturated carbocycles. The minimum absolute atomic E-state index is 0.140.